The maximum absolute atomic E-state index is 11.0. The third kappa shape index (κ3) is 4.15. The minimum absolute atomic E-state index is 0.0641. The smallest absolute Gasteiger partial charge is 0.221 e. The normalized spacial score (nSPS) is 11.0. The zero-order valence-corrected chi connectivity index (χ0v) is 10.5. The van der Waals surface area contributed by atoms with Gasteiger partial charge in [0.2, 0.25) is 5.91 Å². The van der Waals surface area contributed by atoms with Crippen LogP contribution in [-0.2, 0) is 4.79 Å². The van der Waals surface area contributed by atoms with Crippen molar-refractivity contribution in [3.8, 4) is 0 Å². The van der Waals surface area contributed by atoms with Crippen LogP contribution in [0.1, 0.15) is 20.8 Å². The van der Waals surface area contributed by atoms with Gasteiger partial charge < -0.3 is 10.2 Å². The second-order valence-corrected chi connectivity index (χ2v) is 3.60. The van der Waals surface area contributed by atoms with Gasteiger partial charge in [0, 0.05) is 30.7 Å². The zero-order valence-electron chi connectivity index (χ0n) is 10.5. The topological polar surface area (TPSA) is 32.3 Å². The molecular formula is C14H18N2O. The van der Waals surface area contributed by atoms with Crippen LogP contribution in [0.15, 0.2) is 48.8 Å². The molecule has 0 bridgehead atoms. The van der Waals surface area contributed by atoms with Crippen LogP contribution < -0.4 is 10.2 Å². The maximum Gasteiger partial charge on any atom is 0.221 e. The van der Waals surface area contributed by atoms with E-state index in [1.54, 1.807) is 0 Å². The van der Waals surface area contributed by atoms with Crippen molar-refractivity contribution in [2.24, 2.45) is 0 Å². The molecule has 1 N–H and O–H groups in total. The number of allylic oxidation sites excluding steroid dienone is 2. The van der Waals surface area contributed by atoms with E-state index < -0.39 is 0 Å². The molecule has 1 aromatic carbocycles. The van der Waals surface area contributed by atoms with Crippen molar-refractivity contribution in [2.45, 2.75) is 20.8 Å². The predicted octanol–water partition coefficient (Wildman–Crippen LogP) is 3.52. The number of nitrogens with zero attached hydrogens (tertiary/aromatic N) is 1. The quantitative estimate of drug-likeness (QED) is 0.858. The molecular weight excluding hydrogens is 212 g/mol. The van der Waals surface area contributed by atoms with E-state index in [-0.39, 0.29) is 5.91 Å². The minimum Gasteiger partial charge on any atom is -0.326 e. The summed E-state index contributed by atoms with van der Waals surface area (Å²) >= 11 is 0. The lowest BCUT2D eigenvalue weighted by atomic mass is 10.2. The largest absolute Gasteiger partial charge is 0.326 e. The Balaban J connectivity index is 2.99. The Labute approximate surface area is 102 Å². The van der Waals surface area contributed by atoms with Gasteiger partial charge >= 0.3 is 0 Å². The molecule has 0 aliphatic heterocycles. The SMILES string of the molecule is CC=CN(C=CC)c1cccc(NC(C)=O)c1. The average molecular weight is 230 g/mol. The minimum atomic E-state index is -0.0641. The highest BCUT2D eigenvalue weighted by atomic mass is 16.1. The van der Waals surface area contributed by atoms with E-state index in [0.717, 1.165) is 11.4 Å². The Hall–Kier alpha value is -2.03. The van der Waals surface area contributed by atoms with E-state index in [2.05, 4.69) is 5.32 Å². The standard InChI is InChI=1S/C14H18N2O/c1-4-9-16(10-5-2)14-8-6-7-13(11-14)15-12(3)17/h4-11H,1-3H3,(H,15,17). The van der Waals surface area contributed by atoms with E-state index in [0.29, 0.717) is 0 Å². The molecule has 1 aromatic rings. The Bertz CT molecular complexity index is 424. The fraction of sp³-hybridized carbons (Fsp3) is 0.214. The van der Waals surface area contributed by atoms with Gasteiger partial charge in [-0.05, 0) is 32.0 Å². The first-order valence-corrected chi connectivity index (χ1v) is 5.59. The molecule has 0 radical (unpaired) electrons. The highest BCUT2D eigenvalue weighted by Gasteiger charge is 2.01. The molecule has 1 rings (SSSR count). The van der Waals surface area contributed by atoms with Gasteiger partial charge in [-0.2, -0.15) is 0 Å². The van der Waals surface area contributed by atoms with Crippen LogP contribution in [0.3, 0.4) is 0 Å². The number of carbonyl (C=O) groups is 1. The first-order chi connectivity index (χ1) is 8.17. The van der Waals surface area contributed by atoms with Gasteiger partial charge in [0.25, 0.3) is 0 Å². The highest BCUT2D eigenvalue weighted by Crippen LogP contribution is 2.20. The molecule has 0 fully saturated rings. The second-order valence-electron chi connectivity index (χ2n) is 3.60. The Kier molecular flexibility index (Phi) is 5.01. The third-order valence-corrected chi connectivity index (χ3v) is 2.08. The van der Waals surface area contributed by atoms with Crippen molar-refractivity contribution in [1.29, 1.82) is 0 Å². The lowest BCUT2D eigenvalue weighted by molar-refractivity contribution is -0.114. The number of anilines is 2. The van der Waals surface area contributed by atoms with E-state index in [4.69, 9.17) is 0 Å². The van der Waals surface area contributed by atoms with Crippen LogP contribution in [-0.4, -0.2) is 5.91 Å². The molecule has 3 nitrogen and oxygen atoms in total. The number of nitrogens with one attached hydrogen (secondary N) is 1. The Morgan fingerprint density at radius 1 is 1.24 bits per heavy atom. The lowest BCUT2D eigenvalue weighted by Crippen LogP contribution is -2.09. The van der Waals surface area contributed by atoms with Crippen molar-refractivity contribution >= 4 is 17.3 Å². The maximum atomic E-state index is 11.0. The molecule has 17 heavy (non-hydrogen) atoms. The van der Waals surface area contributed by atoms with Gasteiger partial charge in [0.05, 0.1) is 0 Å². The number of carbonyl (C=O) groups excluding carboxylic acids is 1. The van der Waals surface area contributed by atoms with Gasteiger partial charge in [-0.15, -0.1) is 0 Å². The van der Waals surface area contributed by atoms with Gasteiger partial charge in [0.1, 0.15) is 0 Å². The number of benzene rings is 1. The number of amides is 1. The molecule has 0 aliphatic carbocycles. The summed E-state index contributed by atoms with van der Waals surface area (Å²) in [6.07, 6.45) is 7.86. The summed E-state index contributed by atoms with van der Waals surface area (Å²) in [5.41, 5.74) is 1.81. The Morgan fingerprint density at radius 3 is 2.41 bits per heavy atom. The first kappa shape index (κ1) is 13.0. The summed E-state index contributed by atoms with van der Waals surface area (Å²) in [6, 6.07) is 7.71. The molecule has 0 heterocycles. The molecule has 3 heteroatoms. The Morgan fingerprint density at radius 2 is 1.88 bits per heavy atom. The van der Waals surface area contributed by atoms with Gasteiger partial charge in [-0.25, -0.2) is 0 Å². The van der Waals surface area contributed by atoms with Gasteiger partial charge in [-0.3, -0.25) is 4.79 Å². The molecule has 0 aromatic heterocycles. The van der Waals surface area contributed by atoms with Crippen LogP contribution in [0.5, 0.6) is 0 Å². The molecule has 0 atom stereocenters. The van der Waals surface area contributed by atoms with Crippen molar-refractivity contribution < 1.29 is 4.79 Å². The van der Waals surface area contributed by atoms with Crippen molar-refractivity contribution in [3.05, 3.63) is 48.8 Å². The fourth-order valence-corrected chi connectivity index (χ4v) is 1.49. The van der Waals surface area contributed by atoms with Crippen molar-refractivity contribution in [2.75, 3.05) is 10.2 Å². The second kappa shape index (κ2) is 6.53. The molecule has 0 unspecified atom stereocenters. The summed E-state index contributed by atoms with van der Waals surface area (Å²) in [4.78, 5) is 13.0. The molecule has 0 aliphatic rings. The summed E-state index contributed by atoms with van der Waals surface area (Å²) in [5.74, 6) is -0.0641. The van der Waals surface area contributed by atoms with Crippen molar-refractivity contribution in [3.63, 3.8) is 0 Å². The van der Waals surface area contributed by atoms with E-state index in [1.807, 2.05) is 67.6 Å². The molecule has 0 saturated heterocycles. The third-order valence-electron chi connectivity index (χ3n) is 2.08. The summed E-state index contributed by atoms with van der Waals surface area (Å²) in [7, 11) is 0. The first-order valence-electron chi connectivity index (χ1n) is 5.59. The summed E-state index contributed by atoms with van der Waals surface area (Å²) in [5, 5.41) is 2.77. The summed E-state index contributed by atoms with van der Waals surface area (Å²) < 4.78 is 0. The predicted molar refractivity (Wildman–Crippen MR) is 72.9 cm³/mol. The molecule has 90 valence electrons. The van der Waals surface area contributed by atoms with Crippen LogP contribution >= 0.6 is 0 Å². The van der Waals surface area contributed by atoms with Crippen LogP contribution in [0.2, 0.25) is 0 Å². The van der Waals surface area contributed by atoms with Crippen LogP contribution in [0.25, 0.3) is 0 Å². The summed E-state index contributed by atoms with van der Waals surface area (Å²) in [6.45, 7) is 5.44. The lowest BCUT2D eigenvalue weighted by Gasteiger charge is -2.16. The number of rotatable bonds is 4. The molecule has 1 amide bonds. The highest BCUT2D eigenvalue weighted by molar-refractivity contribution is 5.89. The fourth-order valence-electron chi connectivity index (χ4n) is 1.49. The number of hydrogen-bond acceptors (Lipinski definition) is 2. The van der Waals surface area contributed by atoms with Crippen LogP contribution in [0.4, 0.5) is 11.4 Å². The zero-order chi connectivity index (χ0) is 12.7. The monoisotopic (exact) mass is 230 g/mol. The van der Waals surface area contributed by atoms with E-state index in [9.17, 15) is 4.79 Å². The molecule has 0 saturated carbocycles. The molecule has 0 spiro atoms. The van der Waals surface area contributed by atoms with Crippen LogP contribution in [0, 0.1) is 0 Å². The van der Waals surface area contributed by atoms with Gasteiger partial charge in [0.15, 0.2) is 0 Å². The van der Waals surface area contributed by atoms with E-state index in [1.165, 1.54) is 6.92 Å². The number of hydrogen-bond donors (Lipinski definition) is 1. The average Bonchev–Trinajstić information content (AvgIpc) is 2.28. The van der Waals surface area contributed by atoms with E-state index >= 15 is 0 Å². The van der Waals surface area contributed by atoms with Gasteiger partial charge in [-0.1, -0.05) is 18.2 Å². The van der Waals surface area contributed by atoms with Crippen molar-refractivity contribution in [1.82, 2.24) is 0 Å².